The minimum Gasteiger partial charge on any atom is -0.489 e. The van der Waals surface area contributed by atoms with Crippen LogP contribution in [0, 0.1) is 19.8 Å². The van der Waals surface area contributed by atoms with Crippen LogP contribution in [-0.4, -0.2) is 39.0 Å². The van der Waals surface area contributed by atoms with Gasteiger partial charge in [0.25, 0.3) is 5.91 Å². The molecule has 0 spiro atoms. The molecule has 1 aliphatic carbocycles. The summed E-state index contributed by atoms with van der Waals surface area (Å²) in [5.41, 5.74) is 3.30. The fourth-order valence-corrected chi connectivity index (χ4v) is 4.59. The largest absolute Gasteiger partial charge is 0.489 e. The summed E-state index contributed by atoms with van der Waals surface area (Å²) in [4.78, 5) is 29.7. The third-order valence-electron chi connectivity index (χ3n) is 6.49. The van der Waals surface area contributed by atoms with E-state index in [2.05, 4.69) is 10.3 Å². The molecular formula is C26H31N3O4. The Morgan fingerprint density at radius 3 is 2.64 bits per heavy atom. The monoisotopic (exact) mass is 449 g/mol. The number of nitrogens with one attached hydrogen (secondary N) is 1. The standard InChI is InChI=1S/C26H31N3O4/c1-17-9-6-7-12-20(17)15-21(26(31)32)28-25(30)23-18(2)27-24-22(13-8-14-29(23)24)33-16-19-10-4-3-5-11-19/h6-9,12-14,19,21H,3-5,10-11,15-16H2,1-2H3,(H,28,30)(H,31,32)/t21-/m1/s1. The number of nitrogens with zero attached hydrogens (tertiary/aromatic N) is 2. The van der Waals surface area contributed by atoms with Crippen LogP contribution in [0.2, 0.25) is 0 Å². The summed E-state index contributed by atoms with van der Waals surface area (Å²) in [6.45, 7) is 4.33. The first-order chi connectivity index (χ1) is 15.9. The van der Waals surface area contributed by atoms with Gasteiger partial charge in [0.1, 0.15) is 11.7 Å². The lowest BCUT2D eigenvalue weighted by Gasteiger charge is -2.21. The van der Waals surface area contributed by atoms with Crippen LogP contribution < -0.4 is 10.1 Å². The fraction of sp³-hybridized carbons (Fsp3) is 0.423. The molecule has 3 aromatic rings. The number of hydrogen-bond donors (Lipinski definition) is 2. The number of imidazole rings is 1. The van der Waals surface area contributed by atoms with E-state index in [0.29, 0.717) is 35.3 Å². The van der Waals surface area contributed by atoms with Gasteiger partial charge in [-0.3, -0.25) is 9.20 Å². The number of fused-ring (bicyclic) bond motifs is 1. The minimum atomic E-state index is -1.07. The van der Waals surface area contributed by atoms with Crippen molar-refractivity contribution < 1.29 is 19.4 Å². The molecule has 0 saturated heterocycles. The predicted octanol–water partition coefficient (Wildman–Crippen LogP) is 4.34. The zero-order valence-electron chi connectivity index (χ0n) is 19.2. The van der Waals surface area contributed by atoms with Gasteiger partial charge in [-0.1, -0.05) is 43.5 Å². The summed E-state index contributed by atoms with van der Waals surface area (Å²) < 4.78 is 7.80. The maximum absolute atomic E-state index is 13.2. The Morgan fingerprint density at radius 1 is 1.15 bits per heavy atom. The van der Waals surface area contributed by atoms with E-state index < -0.39 is 17.9 Å². The number of carbonyl (C=O) groups is 2. The lowest BCUT2D eigenvalue weighted by molar-refractivity contribution is -0.139. The fourth-order valence-electron chi connectivity index (χ4n) is 4.59. The molecule has 0 aliphatic heterocycles. The zero-order valence-corrected chi connectivity index (χ0v) is 19.2. The number of carboxylic acid groups (broad SMARTS) is 1. The molecule has 2 aromatic heterocycles. The van der Waals surface area contributed by atoms with Crippen LogP contribution in [0.1, 0.15) is 59.4 Å². The highest BCUT2D eigenvalue weighted by atomic mass is 16.5. The molecule has 2 N–H and O–H groups in total. The van der Waals surface area contributed by atoms with E-state index in [1.54, 1.807) is 17.5 Å². The zero-order chi connectivity index (χ0) is 23.4. The number of benzene rings is 1. The Morgan fingerprint density at radius 2 is 1.91 bits per heavy atom. The van der Waals surface area contributed by atoms with Crippen molar-refractivity contribution in [3.05, 3.63) is 65.1 Å². The highest BCUT2D eigenvalue weighted by molar-refractivity contribution is 5.97. The van der Waals surface area contributed by atoms with Crippen molar-refractivity contribution in [3.63, 3.8) is 0 Å². The highest BCUT2D eigenvalue weighted by Crippen LogP contribution is 2.27. The number of amides is 1. The first-order valence-electron chi connectivity index (χ1n) is 11.6. The Balaban J connectivity index is 1.54. The molecule has 1 saturated carbocycles. The molecule has 174 valence electrons. The van der Waals surface area contributed by atoms with Gasteiger partial charge in [0.05, 0.1) is 12.3 Å². The van der Waals surface area contributed by atoms with E-state index in [0.717, 1.165) is 11.1 Å². The van der Waals surface area contributed by atoms with E-state index in [1.165, 1.54) is 32.1 Å². The van der Waals surface area contributed by atoms with Gasteiger partial charge in [0, 0.05) is 12.6 Å². The molecule has 1 aliphatic rings. The molecule has 1 aromatic carbocycles. The van der Waals surface area contributed by atoms with Gasteiger partial charge in [-0.25, -0.2) is 9.78 Å². The second kappa shape index (κ2) is 10.1. The summed E-state index contributed by atoms with van der Waals surface area (Å²) in [6.07, 6.45) is 8.12. The van der Waals surface area contributed by atoms with Crippen molar-refractivity contribution in [1.82, 2.24) is 14.7 Å². The van der Waals surface area contributed by atoms with Crippen molar-refractivity contribution >= 4 is 17.5 Å². The summed E-state index contributed by atoms with van der Waals surface area (Å²) in [5.74, 6) is -0.351. The first kappa shape index (κ1) is 22.8. The summed E-state index contributed by atoms with van der Waals surface area (Å²) >= 11 is 0. The van der Waals surface area contributed by atoms with Crippen LogP contribution in [0.5, 0.6) is 5.75 Å². The average molecular weight is 450 g/mol. The van der Waals surface area contributed by atoms with Crippen LogP contribution >= 0.6 is 0 Å². The molecule has 1 atom stereocenters. The summed E-state index contributed by atoms with van der Waals surface area (Å²) in [7, 11) is 0. The number of aryl methyl sites for hydroxylation is 2. The quantitative estimate of drug-likeness (QED) is 0.534. The maximum atomic E-state index is 13.2. The minimum absolute atomic E-state index is 0.208. The van der Waals surface area contributed by atoms with E-state index in [1.807, 2.05) is 43.3 Å². The van der Waals surface area contributed by atoms with Gasteiger partial charge in [-0.2, -0.15) is 0 Å². The Bertz CT molecular complexity index is 1150. The molecule has 4 rings (SSSR count). The number of carbonyl (C=O) groups excluding carboxylic acids is 1. The lowest BCUT2D eigenvalue weighted by Crippen LogP contribution is -2.43. The second-order valence-corrected chi connectivity index (χ2v) is 8.92. The third-order valence-corrected chi connectivity index (χ3v) is 6.49. The molecule has 1 fully saturated rings. The van der Waals surface area contributed by atoms with Crippen molar-refractivity contribution in [2.45, 2.75) is 58.4 Å². The molecule has 7 nitrogen and oxygen atoms in total. The topological polar surface area (TPSA) is 92.9 Å². The molecule has 7 heteroatoms. The molecular weight excluding hydrogens is 418 g/mol. The number of hydrogen-bond acceptors (Lipinski definition) is 4. The average Bonchev–Trinajstić information content (AvgIpc) is 3.15. The Kier molecular flexibility index (Phi) is 6.96. The van der Waals surface area contributed by atoms with Crippen molar-refractivity contribution in [2.75, 3.05) is 6.61 Å². The van der Waals surface area contributed by atoms with Crippen LogP contribution in [0.15, 0.2) is 42.6 Å². The normalized spacial score (nSPS) is 15.3. The molecule has 0 bridgehead atoms. The van der Waals surface area contributed by atoms with E-state index >= 15 is 0 Å². The van der Waals surface area contributed by atoms with E-state index in [-0.39, 0.29) is 6.42 Å². The second-order valence-electron chi connectivity index (χ2n) is 8.92. The number of carboxylic acids is 1. The summed E-state index contributed by atoms with van der Waals surface area (Å²) in [6, 6.07) is 10.2. The van der Waals surface area contributed by atoms with Gasteiger partial charge in [-0.15, -0.1) is 0 Å². The number of aromatic nitrogens is 2. The van der Waals surface area contributed by atoms with E-state index in [4.69, 9.17) is 4.74 Å². The maximum Gasteiger partial charge on any atom is 0.326 e. The van der Waals surface area contributed by atoms with E-state index in [9.17, 15) is 14.7 Å². The number of ether oxygens (including phenoxy) is 1. The van der Waals surface area contributed by atoms with Gasteiger partial charge >= 0.3 is 5.97 Å². The lowest BCUT2D eigenvalue weighted by atomic mass is 9.90. The smallest absolute Gasteiger partial charge is 0.326 e. The Labute approximate surface area is 193 Å². The SMILES string of the molecule is Cc1ccccc1C[C@@H](NC(=O)c1c(C)nc2c(OCC3CCCCC3)cccn12)C(=O)O. The number of aliphatic carboxylic acids is 1. The van der Waals surface area contributed by atoms with Gasteiger partial charge in [0.15, 0.2) is 11.4 Å². The van der Waals surface area contributed by atoms with Crippen LogP contribution in [0.3, 0.4) is 0 Å². The highest BCUT2D eigenvalue weighted by Gasteiger charge is 2.26. The van der Waals surface area contributed by atoms with Crippen molar-refractivity contribution in [1.29, 1.82) is 0 Å². The molecule has 0 unspecified atom stereocenters. The third kappa shape index (κ3) is 5.18. The number of rotatable bonds is 8. The van der Waals surface area contributed by atoms with Crippen LogP contribution in [-0.2, 0) is 11.2 Å². The summed E-state index contributed by atoms with van der Waals surface area (Å²) in [5, 5.41) is 12.4. The van der Waals surface area contributed by atoms with Crippen molar-refractivity contribution in [3.8, 4) is 5.75 Å². The van der Waals surface area contributed by atoms with Crippen molar-refractivity contribution in [2.24, 2.45) is 5.92 Å². The van der Waals surface area contributed by atoms with Gasteiger partial charge in [0.2, 0.25) is 0 Å². The van der Waals surface area contributed by atoms with Crippen LogP contribution in [0.25, 0.3) is 5.65 Å². The molecule has 1 amide bonds. The van der Waals surface area contributed by atoms with Crippen LogP contribution in [0.4, 0.5) is 0 Å². The van der Waals surface area contributed by atoms with Gasteiger partial charge < -0.3 is 15.2 Å². The molecule has 2 heterocycles. The predicted molar refractivity (Wildman–Crippen MR) is 126 cm³/mol. The molecule has 33 heavy (non-hydrogen) atoms. The van der Waals surface area contributed by atoms with Gasteiger partial charge in [-0.05, 0) is 55.9 Å². The first-order valence-corrected chi connectivity index (χ1v) is 11.6. The Hall–Kier alpha value is -3.35. The molecule has 0 radical (unpaired) electrons. The number of pyridine rings is 1.